The zero-order valence-electron chi connectivity index (χ0n) is 23.9. The van der Waals surface area contributed by atoms with Crippen molar-refractivity contribution in [1.29, 1.82) is 0 Å². The molecule has 1 fully saturated rings. The molecule has 3 aromatic rings. The van der Waals surface area contributed by atoms with E-state index in [0.717, 1.165) is 5.57 Å². The summed E-state index contributed by atoms with van der Waals surface area (Å²) in [4.78, 5) is 40.6. The number of allylic oxidation sites excluding steroid dienone is 1. The maximum atomic E-state index is 15.9. The number of fused-ring (bicyclic) bond motifs is 2. The minimum atomic E-state index is -1.44. The summed E-state index contributed by atoms with van der Waals surface area (Å²) < 4.78 is 26.4. The normalized spacial score (nSPS) is 22.1. The molecule has 43 heavy (non-hydrogen) atoms. The van der Waals surface area contributed by atoms with Crippen molar-refractivity contribution in [2.24, 2.45) is 0 Å². The lowest BCUT2D eigenvalue weighted by Crippen LogP contribution is -2.47. The average molecular weight is 627 g/mol. The Morgan fingerprint density at radius 2 is 1.88 bits per heavy atom. The van der Waals surface area contributed by atoms with Gasteiger partial charge in [0.15, 0.2) is 0 Å². The first-order chi connectivity index (χ1) is 20.5. The van der Waals surface area contributed by atoms with Crippen LogP contribution in [0.5, 0.6) is 5.75 Å². The number of hydrogen-bond donors (Lipinski definition) is 3. The zero-order valence-corrected chi connectivity index (χ0v) is 25.4. The van der Waals surface area contributed by atoms with Gasteiger partial charge in [-0.25, -0.2) is 9.18 Å². The van der Waals surface area contributed by atoms with Gasteiger partial charge in [-0.1, -0.05) is 53.1 Å². The molecular weight excluding hydrogens is 596 g/mol. The molecule has 0 aliphatic carbocycles. The lowest BCUT2D eigenvalue weighted by Gasteiger charge is -2.34. The monoisotopic (exact) mass is 625 g/mol. The van der Waals surface area contributed by atoms with Gasteiger partial charge in [-0.2, -0.15) is 0 Å². The molecule has 3 aromatic carbocycles. The molecule has 2 aliphatic heterocycles. The Balaban J connectivity index is 1.66. The van der Waals surface area contributed by atoms with Gasteiger partial charge >= 0.3 is 5.97 Å². The van der Waals surface area contributed by atoms with Crippen molar-refractivity contribution in [3.05, 3.63) is 98.8 Å². The number of ether oxygens (including phenoxy) is 2. The fourth-order valence-electron chi connectivity index (χ4n) is 6.10. The van der Waals surface area contributed by atoms with Gasteiger partial charge in [-0.05, 0) is 68.3 Å². The summed E-state index contributed by atoms with van der Waals surface area (Å²) in [7, 11) is 1.41. The first-order valence-electron chi connectivity index (χ1n) is 13.6. The maximum Gasteiger partial charge on any atom is 0.338 e. The van der Waals surface area contributed by atoms with E-state index in [4.69, 9.17) is 32.7 Å². The fraction of sp³-hybridized carbons (Fsp3) is 0.281. The molecule has 0 radical (unpaired) electrons. The molecule has 2 aliphatic rings. The highest BCUT2D eigenvalue weighted by atomic mass is 35.5. The second-order valence-electron chi connectivity index (χ2n) is 10.6. The van der Waals surface area contributed by atoms with E-state index < -0.39 is 47.0 Å². The summed E-state index contributed by atoms with van der Waals surface area (Å²) >= 11 is 12.5. The Morgan fingerprint density at radius 1 is 1.12 bits per heavy atom. The lowest BCUT2D eigenvalue weighted by atomic mass is 9.64. The Kier molecular flexibility index (Phi) is 8.51. The summed E-state index contributed by atoms with van der Waals surface area (Å²) in [6.45, 7) is 5.66. The molecule has 0 unspecified atom stereocenters. The minimum absolute atomic E-state index is 0.104. The van der Waals surface area contributed by atoms with Crippen LogP contribution < -0.4 is 20.7 Å². The Labute approximate surface area is 258 Å². The molecule has 4 atom stereocenters. The van der Waals surface area contributed by atoms with Crippen molar-refractivity contribution < 1.29 is 28.2 Å². The highest BCUT2D eigenvalue weighted by Gasteiger charge is 2.65. The van der Waals surface area contributed by atoms with Crippen LogP contribution in [0.15, 0.2) is 66.2 Å². The van der Waals surface area contributed by atoms with E-state index in [-0.39, 0.29) is 34.2 Å². The summed E-state index contributed by atoms with van der Waals surface area (Å²) in [6.07, 6.45) is 1.86. The average Bonchev–Trinajstić information content (AvgIpc) is 3.44. The molecule has 0 bridgehead atoms. The number of methoxy groups -OCH3 is 1. The molecule has 0 aromatic heterocycles. The van der Waals surface area contributed by atoms with Gasteiger partial charge in [0.05, 0.1) is 36.0 Å². The number of nitrogens with one attached hydrogen (secondary N) is 3. The van der Waals surface area contributed by atoms with Crippen molar-refractivity contribution >= 4 is 52.4 Å². The number of carbonyl (C=O) groups is 3. The topological polar surface area (TPSA) is 106 Å². The largest absolute Gasteiger partial charge is 0.495 e. The van der Waals surface area contributed by atoms with Crippen molar-refractivity contribution in [2.45, 2.75) is 44.2 Å². The molecule has 2 heterocycles. The van der Waals surface area contributed by atoms with E-state index in [1.54, 1.807) is 31.2 Å². The van der Waals surface area contributed by atoms with Crippen LogP contribution in [-0.4, -0.2) is 43.6 Å². The van der Waals surface area contributed by atoms with Crippen molar-refractivity contribution in [1.82, 2.24) is 5.32 Å². The molecule has 8 nitrogen and oxygen atoms in total. The standard InChI is InChI=1S/C32H30Cl2FN3O5/c1-5-43-30(40)17-9-12-22(24(14-17)42-4)36-29(39)28-26(19-7-6-8-21(34)27(19)35)32(25(38-28)13-16(2)3)20-11-10-18(33)15-23(20)37-31(32)41/h6-15,25-26,28,38H,5H2,1-4H3,(H,36,39)(H,37,41)/t25-,26-,28+,32+/m0/s1. The van der Waals surface area contributed by atoms with Gasteiger partial charge < -0.3 is 20.1 Å². The molecule has 5 rings (SSSR count). The van der Waals surface area contributed by atoms with Gasteiger partial charge in [-0.3, -0.25) is 14.9 Å². The number of esters is 1. The summed E-state index contributed by atoms with van der Waals surface area (Å²) in [5, 5.41) is 9.39. The van der Waals surface area contributed by atoms with Gasteiger partial charge in [0, 0.05) is 22.7 Å². The van der Waals surface area contributed by atoms with E-state index >= 15 is 4.39 Å². The summed E-state index contributed by atoms with van der Waals surface area (Å²) in [6, 6.07) is 12.2. The quantitative estimate of drug-likeness (QED) is 0.212. The third-order valence-corrected chi connectivity index (χ3v) is 8.32. The smallest absolute Gasteiger partial charge is 0.338 e. The predicted molar refractivity (Wildman–Crippen MR) is 164 cm³/mol. The molecule has 0 saturated carbocycles. The van der Waals surface area contributed by atoms with E-state index in [1.807, 2.05) is 19.9 Å². The van der Waals surface area contributed by atoms with Crippen LogP contribution >= 0.6 is 23.2 Å². The van der Waals surface area contributed by atoms with Crippen LogP contribution in [0, 0.1) is 5.82 Å². The van der Waals surface area contributed by atoms with E-state index in [2.05, 4.69) is 16.0 Å². The van der Waals surface area contributed by atoms with Crippen LogP contribution in [0.25, 0.3) is 0 Å². The second kappa shape index (κ2) is 12.0. The summed E-state index contributed by atoms with van der Waals surface area (Å²) in [5.41, 5.74) is 1.12. The first-order valence-corrected chi connectivity index (χ1v) is 14.4. The van der Waals surface area contributed by atoms with Crippen LogP contribution in [0.4, 0.5) is 15.8 Å². The molecule has 3 N–H and O–H groups in total. The van der Waals surface area contributed by atoms with Gasteiger partial charge in [0.2, 0.25) is 11.8 Å². The molecule has 1 saturated heterocycles. The predicted octanol–water partition coefficient (Wildman–Crippen LogP) is 6.24. The number of carbonyl (C=O) groups excluding carboxylic acids is 3. The van der Waals surface area contributed by atoms with Crippen LogP contribution in [0.3, 0.4) is 0 Å². The number of hydrogen-bond acceptors (Lipinski definition) is 6. The van der Waals surface area contributed by atoms with Gasteiger partial charge in [0.1, 0.15) is 17.0 Å². The number of rotatable bonds is 7. The zero-order chi connectivity index (χ0) is 31.1. The van der Waals surface area contributed by atoms with Crippen LogP contribution in [0.1, 0.15) is 48.2 Å². The number of anilines is 2. The SMILES string of the molecule is CCOC(=O)c1ccc(NC(=O)[C@@H]2N[C@@H](C=C(C)C)[C@@]3(C(=O)Nc4cc(Cl)ccc43)[C@H]2c2cccc(Cl)c2F)c(OC)c1. The Bertz CT molecular complexity index is 1660. The maximum absolute atomic E-state index is 15.9. The van der Waals surface area contributed by atoms with E-state index in [9.17, 15) is 14.4 Å². The third-order valence-electron chi connectivity index (χ3n) is 7.79. The second-order valence-corrected chi connectivity index (χ2v) is 11.5. The van der Waals surface area contributed by atoms with Crippen LogP contribution in [-0.2, 0) is 19.7 Å². The van der Waals surface area contributed by atoms with Crippen molar-refractivity contribution in [3.63, 3.8) is 0 Å². The third kappa shape index (κ3) is 5.26. The Hall–Kier alpha value is -3.92. The lowest BCUT2D eigenvalue weighted by molar-refractivity contribution is -0.121. The number of benzene rings is 3. The minimum Gasteiger partial charge on any atom is -0.495 e. The van der Waals surface area contributed by atoms with Crippen LogP contribution in [0.2, 0.25) is 10.0 Å². The summed E-state index contributed by atoms with van der Waals surface area (Å²) in [5.74, 6) is -3.04. The Morgan fingerprint density at radius 3 is 2.58 bits per heavy atom. The molecule has 224 valence electrons. The highest BCUT2D eigenvalue weighted by molar-refractivity contribution is 6.31. The number of amides is 2. The van der Waals surface area contributed by atoms with Crippen molar-refractivity contribution in [2.75, 3.05) is 24.4 Å². The molecule has 11 heteroatoms. The van der Waals surface area contributed by atoms with Crippen molar-refractivity contribution in [3.8, 4) is 5.75 Å². The first kappa shape index (κ1) is 30.5. The highest BCUT2D eigenvalue weighted by Crippen LogP contribution is 2.56. The molecule has 2 amide bonds. The fourth-order valence-corrected chi connectivity index (χ4v) is 6.45. The van der Waals surface area contributed by atoms with E-state index in [0.29, 0.717) is 16.3 Å². The number of halogens is 3. The molecule has 1 spiro atoms. The van der Waals surface area contributed by atoms with E-state index in [1.165, 1.54) is 37.4 Å². The van der Waals surface area contributed by atoms with Gasteiger partial charge in [0.25, 0.3) is 0 Å². The molecular formula is C32H30Cl2FN3O5. The van der Waals surface area contributed by atoms with Gasteiger partial charge in [-0.15, -0.1) is 0 Å².